The summed E-state index contributed by atoms with van der Waals surface area (Å²) in [7, 11) is 2.88. The van der Waals surface area contributed by atoms with Gasteiger partial charge in [-0.05, 0) is 29.8 Å². The number of methoxy groups -OCH3 is 2. The van der Waals surface area contributed by atoms with Crippen molar-refractivity contribution in [3.63, 3.8) is 0 Å². The highest BCUT2D eigenvalue weighted by molar-refractivity contribution is 6.25. The molecule has 2 heterocycles. The third-order valence-corrected chi connectivity index (χ3v) is 5.08. The average Bonchev–Trinajstić information content (AvgIpc) is 3.26. The molecule has 0 saturated carbocycles. The quantitative estimate of drug-likeness (QED) is 0.675. The van der Waals surface area contributed by atoms with Crippen LogP contribution in [-0.2, 0) is 22.3 Å². The van der Waals surface area contributed by atoms with Gasteiger partial charge in [-0.25, -0.2) is 4.90 Å². The Balaban J connectivity index is 1.59. The van der Waals surface area contributed by atoms with Gasteiger partial charge in [-0.15, -0.1) is 0 Å². The number of rotatable bonds is 5. The highest BCUT2D eigenvalue weighted by Gasteiger charge is 2.54. The number of alkyl halides is 3. The summed E-state index contributed by atoms with van der Waals surface area (Å²) in [5.74, 6) is -0.381. The first kappa shape index (κ1) is 20.6. The smallest absolute Gasteiger partial charge is 0.416 e. The number of carbonyl (C=O) groups excluding carboxylic acids is 2. The van der Waals surface area contributed by atoms with Crippen molar-refractivity contribution in [2.75, 3.05) is 19.1 Å². The van der Waals surface area contributed by atoms with Crippen LogP contribution in [0, 0.1) is 0 Å². The summed E-state index contributed by atoms with van der Waals surface area (Å²) in [5.41, 5.74) is -0.242. The van der Waals surface area contributed by atoms with E-state index in [1.807, 2.05) is 0 Å². The third-order valence-electron chi connectivity index (χ3n) is 5.08. The number of halogens is 3. The lowest BCUT2D eigenvalue weighted by Gasteiger charge is -2.21. The lowest BCUT2D eigenvalue weighted by molar-refractivity contribution is -0.137. The van der Waals surface area contributed by atoms with Crippen molar-refractivity contribution in [1.82, 2.24) is 5.01 Å². The van der Waals surface area contributed by atoms with Crippen LogP contribution in [0.3, 0.4) is 0 Å². The number of anilines is 1. The molecule has 0 N–H and O–H groups in total. The van der Waals surface area contributed by atoms with Gasteiger partial charge in [-0.1, -0.05) is 17.4 Å². The van der Waals surface area contributed by atoms with Crippen molar-refractivity contribution < 1.29 is 32.2 Å². The van der Waals surface area contributed by atoms with Crippen molar-refractivity contribution >= 4 is 17.5 Å². The fourth-order valence-electron chi connectivity index (χ4n) is 3.61. The van der Waals surface area contributed by atoms with Crippen molar-refractivity contribution in [3.05, 3.63) is 53.6 Å². The summed E-state index contributed by atoms with van der Waals surface area (Å²) in [5, 5.41) is 8.99. The topological polar surface area (TPSA) is 83.8 Å². The monoisotopic (exact) mass is 434 g/mol. The Labute approximate surface area is 174 Å². The molecule has 2 aliphatic rings. The van der Waals surface area contributed by atoms with E-state index in [4.69, 9.17) is 9.47 Å². The molecule has 4 rings (SSSR count). The highest BCUT2D eigenvalue weighted by Crippen LogP contribution is 2.37. The predicted molar refractivity (Wildman–Crippen MR) is 101 cm³/mol. The second-order valence-electron chi connectivity index (χ2n) is 6.94. The first-order valence-corrected chi connectivity index (χ1v) is 9.18. The molecule has 0 radical (unpaired) electrons. The molecule has 2 aromatic rings. The van der Waals surface area contributed by atoms with Gasteiger partial charge < -0.3 is 9.47 Å². The van der Waals surface area contributed by atoms with Gasteiger partial charge in [0, 0.05) is 6.07 Å². The number of benzene rings is 2. The molecule has 31 heavy (non-hydrogen) atoms. The Hall–Kier alpha value is -3.63. The molecule has 162 valence electrons. The van der Waals surface area contributed by atoms with Crippen molar-refractivity contribution in [2.24, 2.45) is 10.3 Å². The van der Waals surface area contributed by atoms with Crippen molar-refractivity contribution in [2.45, 2.75) is 24.8 Å². The van der Waals surface area contributed by atoms with Gasteiger partial charge in [0.25, 0.3) is 11.8 Å². The van der Waals surface area contributed by atoms with Crippen LogP contribution in [-0.4, -0.2) is 43.1 Å². The van der Waals surface area contributed by atoms with E-state index in [0.717, 1.165) is 17.0 Å². The van der Waals surface area contributed by atoms with E-state index in [9.17, 15) is 22.8 Å². The largest absolute Gasteiger partial charge is 0.493 e. The fourth-order valence-corrected chi connectivity index (χ4v) is 3.61. The summed E-state index contributed by atoms with van der Waals surface area (Å²) in [6, 6.07) is 7.20. The summed E-state index contributed by atoms with van der Waals surface area (Å²) < 4.78 is 49.3. The molecular formula is C20H17F3N4O4. The SMILES string of the molecule is COc1ccc(N2C(=O)[C@H]3N=NN(Cc4cccc(C(F)(F)F)c4)[C@H]3C2=O)cc1OC. The number of ether oxygens (including phenoxy) is 2. The first-order chi connectivity index (χ1) is 14.7. The Morgan fingerprint density at radius 3 is 2.42 bits per heavy atom. The molecule has 0 spiro atoms. The Morgan fingerprint density at radius 2 is 1.74 bits per heavy atom. The van der Waals surface area contributed by atoms with Crippen molar-refractivity contribution in [1.29, 1.82) is 0 Å². The van der Waals surface area contributed by atoms with E-state index in [2.05, 4.69) is 10.3 Å². The van der Waals surface area contributed by atoms with Crippen LogP contribution in [0.5, 0.6) is 11.5 Å². The van der Waals surface area contributed by atoms with E-state index in [0.29, 0.717) is 17.1 Å². The standard InChI is InChI=1S/C20H17F3N4O4/c1-30-14-7-6-13(9-15(14)31-2)27-18(28)16-17(19(27)29)26(25-24-16)10-11-4-3-5-12(8-11)20(21,22)23/h3-9,16-17H,10H2,1-2H3/t16-,17+/m0/s1. The average molecular weight is 434 g/mol. The molecule has 2 aromatic carbocycles. The van der Waals surface area contributed by atoms with Crippen LogP contribution >= 0.6 is 0 Å². The number of fused-ring (bicyclic) bond motifs is 1. The minimum Gasteiger partial charge on any atom is -0.493 e. The normalized spacial score (nSPS) is 20.4. The van der Waals surface area contributed by atoms with E-state index in [1.54, 1.807) is 6.07 Å². The molecule has 0 aliphatic carbocycles. The summed E-state index contributed by atoms with van der Waals surface area (Å²) >= 11 is 0. The molecule has 2 atom stereocenters. The summed E-state index contributed by atoms with van der Waals surface area (Å²) in [4.78, 5) is 26.9. The number of nitrogens with zero attached hydrogens (tertiary/aromatic N) is 4. The van der Waals surface area contributed by atoms with E-state index >= 15 is 0 Å². The molecule has 1 saturated heterocycles. The van der Waals surface area contributed by atoms with Crippen LogP contribution in [0.4, 0.5) is 18.9 Å². The van der Waals surface area contributed by atoms with E-state index < -0.39 is 35.6 Å². The number of hydrogen-bond donors (Lipinski definition) is 0. The lowest BCUT2D eigenvalue weighted by Crippen LogP contribution is -2.39. The third kappa shape index (κ3) is 3.56. The zero-order chi connectivity index (χ0) is 22.3. The molecule has 11 heteroatoms. The van der Waals surface area contributed by atoms with Gasteiger partial charge in [0.05, 0.1) is 32.0 Å². The highest BCUT2D eigenvalue weighted by atomic mass is 19.4. The number of amides is 2. The number of carbonyl (C=O) groups is 2. The molecule has 1 fully saturated rings. The maximum absolute atomic E-state index is 13.1. The lowest BCUT2D eigenvalue weighted by atomic mass is 10.1. The predicted octanol–water partition coefficient (Wildman–Crippen LogP) is 3.22. The van der Waals surface area contributed by atoms with E-state index in [-0.39, 0.29) is 12.2 Å². The van der Waals surface area contributed by atoms with Crippen LogP contribution in [0.15, 0.2) is 52.8 Å². The molecule has 0 unspecified atom stereocenters. The summed E-state index contributed by atoms with van der Waals surface area (Å²) in [6.45, 7) is -0.104. The van der Waals surface area contributed by atoms with Crippen LogP contribution in [0.25, 0.3) is 0 Å². The molecule has 0 aromatic heterocycles. The maximum atomic E-state index is 13.1. The maximum Gasteiger partial charge on any atom is 0.416 e. The number of imide groups is 1. The van der Waals surface area contributed by atoms with Gasteiger partial charge in [-0.3, -0.25) is 14.6 Å². The first-order valence-electron chi connectivity index (χ1n) is 9.18. The molecule has 0 bridgehead atoms. The minimum atomic E-state index is -4.49. The molecular weight excluding hydrogens is 417 g/mol. The van der Waals surface area contributed by atoms with Crippen LogP contribution in [0.2, 0.25) is 0 Å². The van der Waals surface area contributed by atoms with Crippen molar-refractivity contribution in [3.8, 4) is 11.5 Å². The Morgan fingerprint density at radius 1 is 1.00 bits per heavy atom. The zero-order valence-corrected chi connectivity index (χ0v) is 16.5. The van der Waals surface area contributed by atoms with Gasteiger partial charge in [0.1, 0.15) is 0 Å². The van der Waals surface area contributed by atoms with Gasteiger partial charge in [0.2, 0.25) is 0 Å². The second-order valence-corrected chi connectivity index (χ2v) is 6.94. The second kappa shape index (κ2) is 7.56. The number of hydrogen-bond acceptors (Lipinski definition) is 7. The van der Waals surface area contributed by atoms with Crippen LogP contribution < -0.4 is 14.4 Å². The summed E-state index contributed by atoms with van der Waals surface area (Å²) in [6.07, 6.45) is -4.49. The Bertz CT molecular complexity index is 1070. The van der Waals surface area contributed by atoms with Gasteiger partial charge in [0.15, 0.2) is 23.6 Å². The molecule has 2 aliphatic heterocycles. The van der Waals surface area contributed by atoms with Gasteiger partial charge in [-0.2, -0.15) is 18.3 Å². The van der Waals surface area contributed by atoms with E-state index in [1.165, 1.54) is 43.5 Å². The van der Waals surface area contributed by atoms with Crippen LogP contribution in [0.1, 0.15) is 11.1 Å². The Kier molecular flexibility index (Phi) is 5.03. The zero-order valence-electron chi connectivity index (χ0n) is 16.5. The molecule has 8 nitrogen and oxygen atoms in total. The molecule has 2 amide bonds. The minimum absolute atomic E-state index is 0.104. The van der Waals surface area contributed by atoms with Gasteiger partial charge >= 0.3 is 6.18 Å². The fraction of sp³-hybridized carbons (Fsp3) is 0.300.